The highest BCUT2D eigenvalue weighted by atomic mass is 15.4. The maximum Gasteiger partial charge on any atom is 0.305 e. The topological polar surface area (TPSA) is 33.6 Å². The van der Waals surface area contributed by atoms with Gasteiger partial charge in [0.25, 0.3) is 0 Å². The quantitative estimate of drug-likeness (QED) is 0.654. The number of hydrogen-bond acceptors (Lipinski definition) is 2. The van der Waals surface area contributed by atoms with Crippen molar-refractivity contribution in [3.05, 3.63) is 16.9 Å². The van der Waals surface area contributed by atoms with Gasteiger partial charge in [0.2, 0.25) is 0 Å². The van der Waals surface area contributed by atoms with Gasteiger partial charge in [-0.15, -0.1) is 0 Å². The van der Waals surface area contributed by atoms with E-state index in [1.54, 1.807) is 11.2 Å². The molecule has 0 bridgehead atoms. The van der Waals surface area contributed by atoms with Crippen LogP contribution in [0.5, 0.6) is 0 Å². The van der Waals surface area contributed by atoms with Crippen LogP contribution in [-0.4, -0.2) is 11.1 Å². The van der Waals surface area contributed by atoms with Crippen LogP contribution in [0.15, 0.2) is 11.9 Å². The van der Waals surface area contributed by atoms with Gasteiger partial charge >= 0.3 is 6.57 Å². The van der Waals surface area contributed by atoms with Gasteiger partial charge in [0.1, 0.15) is 11.7 Å². The van der Waals surface area contributed by atoms with Gasteiger partial charge < -0.3 is 5.73 Å². The van der Waals surface area contributed by atoms with E-state index in [-0.39, 0.29) is 6.04 Å². The van der Waals surface area contributed by atoms with Gasteiger partial charge in [-0.1, -0.05) is 13.8 Å². The molecule has 0 radical (unpaired) electrons. The summed E-state index contributed by atoms with van der Waals surface area (Å²) in [5, 5.41) is 1.73. The lowest BCUT2D eigenvalue weighted by atomic mass is 10.1. The van der Waals surface area contributed by atoms with E-state index in [2.05, 4.69) is 18.8 Å². The molecule has 12 heavy (non-hydrogen) atoms. The van der Waals surface area contributed by atoms with E-state index in [9.17, 15) is 0 Å². The molecule has 68 valence electrons. The van der Waals surface area contributed by atoms with Gasteiger partial charge in [-0.2, -0.15) is 0 Å². The van der Waals surface area contributed by atoms with E-state index in [0.717, 1.165) is 5.70 Å². The summed E-state index contributed by atoms with van der Waals surface area (Å²) in [6.07, 6.45) is 1.56. The molecule has 0 rings (SSSR count). The summed E-state index contributed by atoms with van der Waals surface area (Å²) >= 11 is 0. The molecule has 0 spiro atoms. The van der Waals surface area contributed by atoms with Crippen molar-refractivity contribution < 1.29 is 0 Å². The maximum absolute atomic E-state index is 5.47. The van der Waals surface area contributed by atoms with Crippen LogP contribution in [0.25, 0.3) is 4.95 Å². The van der Waals surface area contributed by atoms with Crippen molar-refractivity contribution >= 4 is 0 Å². The smallest absolute Gasteiger partial charge is 0.305 e. The molecule has 0 aromatic heterocycles. The summed E-state index contributed by atoms with van der Waals surface area (Å²) in [6, 6.07) is 0.243. The summed E-state index contributed by atoms with van der Waals surface area (Å²) in [6.45, 7) is 13.4. The second kappa shape index (κ2) is 4.66. The molecule has 0 aromatic carbocycles. The van der Waals surface area contributed by atoms with E-state index in [1.165, 1.54) is 0 Å². The summed E-state index contributed by atoms with van der Waals surface area (Å²) in [5.74, 6) is 0.338. The maximum atomic E-state index is 5.47. The van der Waals surface area contributed by atoms with Crippen LogP contribution in [0, 0.1) is 12.5 Å². The summed E-state index contributed by atoms with van der Waals surface area (Å²) in [7, 11) is 0. The third kappa shape index (κ3) is 2.46. The van der Waals surface area contributed by atoms with E-state index in [4.69, 9.17) is 12.3 Å². The lowest BCUT2D eigenvalue weighted by Crippen LogP contribution is -2.26. The number of hydrogen-bond donors (Lipinski definition) is 1. The first-order chi connectivity index (χ1) is 5.54. The highest BCUT2D eigenvalue weighted by molar-refractivity contribution is 5.05. The molecule has 0 fully saturated rings. The average molecular weight is 168 g/mol. The van der Waals surface area contributed by atoms with Crippen molar-refractivity contribution in [2.45, 2.75) is 33.7 Å². The summed E-state index contributed by atoms with van der Waals surface area (Å²) < 4.78 is 0. The average Bonchev–Trinajstić information content (AvgIpc) is 1.98. The summed E-state index contributed by atoms with van der Waals surface area (Å²) in [4.78, 5) is 3.66. The Labute approximate surface area is 74.6 Å². The predicted octanol–water partition coefficient (Wildman–Crippen LogP) is 2.03. The van der Waals surface area contributed by atoms with Crippen LogP contribution in [0.3, 0.4) is 0 Å². The normalized spacial score (nSPS) is 11.9. The van der Waals surface area contributed by atoms with E-state index >= 15 is 0 Å². The van der Waals surface area contributed by atoms with Crippen LogP contribution in [0.2, 0.25) is 0 Å². The molecule has 0 unspecified atom stereocenters. The predicted molar refractivity (Wildman–Crippen MR) is 52.4 cm³/mol. The molecule has 0 aromatic rings. The zero-order valence-corrected chi connectivity index (χ0v) is 8.28. The fourth-order valence-corrected chi connectivity index (χ4v) is 1.03. The second-order valence-electron chi connectivity index (χ2n) is 3.30. The van der Waals surface area contributed by atoms with Crippen molar-refractivity contribution in [2.24, 2.45) is 11.7 Å². The van der Waals surface area contributed by atoms with Crippen LogP contribution >= 0.6 is 0 Å². The summed E-state index contributed by atoms with van der Waals surface area (Å²) in [5.41, 5.74) is 6.42. The Morgan fingerprint density at radius 3 is 2.00 bits per heavy atom. The van der Waals surface area contributed by atoms with Crippen molar-refractivity contribution in [3.8, 4) is 6.57 Å². The molecule has 0 atom stereocenters. The zero-order valence-electron chi connectivity index (χ0n) is 8.28. The third-order valence-electron chi connectivity index (χ3n) is 1.64. The molecular weight excluding hydrogens is 150 g/mol. The van der Waals surface area contributed by atoms with Crippen LogP contribution in [-0.2, 0) is 0 Å². The molecule has 0 saturated carbocycles. The number of nitrogens with zero attached hydrogens (tertiary/aromatic N) is 2. The zero-order chi connectivity index (χ0) is 9.72. The molecule has 0 aliphatic rings. The fourth-order valence-electron chi connectivity index (χ4n) is 1.03. The molecule has 0 aliphatic carbocycles. The molecule has 0 amide bonds. The van der Waals surface area contributed by atoms with Crippen molar-refractivity contribution in [1.29, 1.82) is 0 Å². The molecular formula is C9H18N3+. The molecule has 0 heterocycles. The van der Waals surface area contributed by atoms with E-state index in [1.807, 2.05) is 13.8 Å². The minimum Gasteiger partial charge on any atom is -0.403 e. The van der Waals surface area contributed by atoms with E-state index < -0.39 is 0 Å². The van der Waals surface area contributed by atoms with Gasteiger partial charge in [-0.25, -0.2) is 0 Å². The SMILES string of the molecule is C#[N+]N(/C(=C\N)C(C)C)C(C)C. The highest BCUT2D eigenvalue weighted by Crippen LogP contribution is 2.17. The largest absolute Gasteiger partial charge is 0.403 e. The second-order valence-corrected chi connectivity index (χ2v) is 3.30. The third-order valence-corrected chi connectivity index (χ3v) is 1.64. The standard InChI is InChI=1S/C9H18N3/c1-7(2)9(6-10)12(11-5)8(3)4/h5-8H,10H2,1-4H3/q+1/b9-6-. The Bertz CT molecular complexity index is 198. The van der Waals surface area contributed by atoms with Gasteiger partial charge in [-0.05, 0) is 18.9 Å². The van der Waals surface area contributed by atoms with Gasteiger partial charge in [0.05, 0.1) is 4.95 Å². The number of nitrogens with two attached hydrogens (primary N) is 1. The van der Waals surface area contributed by atoms with Crippen LogP contribution < -0.4 is 5.73 Å². The molecule has 3 nitrogen and oxygen atoms in total. The van der Waals surface area contributed by atoms with Crippen LogP contribution in [0.4, 0.5) is 0 Å². The monoisotopic (exact) mass is 168 g/mol. The van der Waals surface area contributed by atoms with Crippen LogP contribution in [0.1, 0.15) is 27.7 Å². The molecule has 3 heteroatoms. The van der Waals surface area contributed by atoms with Crippen molar-refractivity contribution in [1.82, 2.24) is 5.01 Å². The Balaban J connectivity index is 4.61. The van der Waals surface area contributed by atoms with Crippen molar-refractivity contribution in [2.75, 3.05) is 0 Å². The minimum atomic E-state index is 0.243. The Morgan fingerprint density at radius 2 is 1.92 bits per heavy atom. The first-order valence-corrected chi connectivity index (χ1v) is 4.16. The van der Waals surface area contributed by atoms with Gasteiger partial charge in [-0.3, -0.25) is 0 Å². The number of rotatable bonds is 3. The Kier molecular flexibility index (Phi) is 4.20. The first kappa shape index (κ1) is 10.8. The van der Waals surface area contributed by atoms with Gasteiger partial charge in [0, 0.05) is 12.1 Å². The lowest BCUT2D eigenvalue weighted by molar-refractivity contribution is 0.343. The first-order valence-electron chi connectivity index (χ1n) is 4.16. The molecule has 0 saturated heterocycles. The van der Waals surface area contributed by atoms with Gasteiger partial charge in [0.15, 0.2) is 0 Å². The number of allylic oxidation sites excluding steroid dienone is 1. The van der Waals surface area contributed by atoms with E-state index in [0.29, 0.717) is 5.92 Å². The molecule has 0 aliphatic heterocycles. The molecule has 2 N–H and O–H groups in total. The highest BCUT2D eigenvalue weighted by Gasteiger charge is 2.22. The Morgan fingerprint density at radius 1 is 1.42 bits per heavy atom. The lowest BCUT2D eigenvalue weighted by Gasteiger charge is -2.16. The Hall–Kier alpha value is -1.17. The fraction of sp³-hybridized carbons (Fsp3) is 0.667. The minimum absolute atomic E-state index is 0.243. The van der Waals surface area contributed by atoms with Crippen molar-refractivity contribution in [3.63, 3.8) is 0 Å².